The highest BCUT2D eigenvalue weighted by Crippen LogP contribution is 2.34. The normalized spacial score (nSPS) is 10.4. The average molecular weight is 282 g/mol. The molecule has 1 aromatic rings. The molecular formula is C9H6ClF2NO5. The number of nitro benzene ring substituents is 1. The molecule has 98 valence electrons. The maximum absolute atomic E-state index is 12.1. The van der Waals surface area contributed by atoms with Gasteiger partial charge in [-0.15, -0.1) is 0 Å². The number of halogens is 3. The highest BCUT2D eigenvalue weighted by atomic mass is 35.5. The van der Waals surface area contributed by atoms with Gasteiger partial charge in [0.25, 0.3) is 0 Å². The van der Waals surface area contributed by atoms with Gasteiger partial charge in [0.1, 0.15) is 0 Å². The van der Waals surface area contributed by atoms with Crippen LogP contribution < -0.4 is 4.74 Å². The van der Waals surface area contributed by atoms with Crippen LogP contribution in [0.2, 0.25) is 5.02 Å². The first-order chi connectivity index (χ1) is 8.31. The summed E-state index contributed by atoms with van der Waals surface area (Å²) in [5.41, 5.74) is -0.806. The molecule has 0 bridgehead atoms. The number of carboxylic acid groups (broad SMARTS) is 1. The van der Waals surface area contributed by atoms with Gasteiger partial charge >= 0.3 is 18.3 Å². The number of carbonyl (C=O) groups is 1. The second-order valence-electron chi connectivity index (χ2n) is 3.12. The summed E-state index contributed by atoms with van der Waals surface area (Å²) in [7, 11) is 0. The molecule has 0 heterocycles. The van der Waals surface area contributed by atoms with Crippen molar-refractivity contribution in [2.75, 3.05) is 0 Å². The Bertz CT molecular complexity index is 494. The molecule has 0 spiro atoms. The first-order valence-electron chi connectivity index (χ1n) is 4.44. The van der Waals surface area contributed by atoms with Gasteiger partial charge in [0.2, 0.25) is 5.75 Å². The van der Waals surface area contributed by atoms with Gasteiger partial charge in [-0.3, -0.25) is 14.9 Å². The number of ether oxygens (including phenoxy) is 1. The fraction of sp³-hybridized carbons (Fsp3) is 0.222. The number of hydrogen-bond donors (Lipinski definition) is 1. The molecule has 0 saturated carbocycles. The van der Waals surface area contributed by atoms with Gasteiger partial charge in [-0.2, -0.15) is 8.78 Å². The molecular weight excluding hydrogens is 276 g/mol. The van der Waals surface area contributed by atoms with Crippen molar-refractivity contribution < 1.29 is 28.3 Å². The maximum atomic E-state index is 12.1. The number of alkyl halides is 2. The molecule has 0 unspecified atom stereocenters. The molecule has 1 N–H and O–H groups in total. The molecule has 18 heavy (non-hydrogen) atoms. The fourth-order valence-electron chi connectivity index (χ4n) is 1.22. The van der Waals surface area contributed by atoms with Crippen LogP contribution in [0.4, 0.5) is 14.5 Å². The minimum absolute atomic E-state index is 0.0505. The van der Waals surface area contributed by atoms with E-state index in [0.29, 0.717) is 0 Å². The van der Waals surface area contributed by atoms with Crippen LogP contribution in [-0.4, -0.2) is 22.6 Å². The summed E-state index contributed by atoms with van der Waals surface area (Å²) in [4.78, 5) is 20.1. The Labute approximate surface area is 104 Å². The highest BCUT2D eigenvalue weighted by Gasteiger charge is 2.22. The zero-order valence-corrected chi connectivity index (χ0v) is 9.36. The van der Waals surface area contributed by atoms with Crippen molar-refractivity contribution in [1.82, 2.24) is 0 Å². The van der Waals surface area contributed by atoms with E-state index in [2.05, 4.69) is 4.74 Å². The zero-order chi connectivity index (χ0) is 13.9. The zero-order valence-electron chi connectivity index (χ0n) is 8.60. The van der Waals surface area contributed by atoms with E-state index in [4.69, 9.17) is 16.7 Å². The lowest BCUT2D eigenvalue weighted by Crippen LogP contribution is -2.07. The van der Waals surface area contributed by atoms with Gasteiger partial charge in [0.15, 0.2) is 0 Å². The Morgan fingerprint density at radius 2 is 2.17 bits per heavy atom. The van der Waals surface area contributed by atoms with Crippen LogP contribution in [0.5, 0.6) is 5.75 Å². The lowest BCUT2D eigenvalue weighted by molar-refractivity contribution is -0.386. The van der Waals surface area contributed by atoms with Crippen molar-refractivity contribution in [3.63, 3.8) is 0 Å². The molecule has 0 radical (unpaired) electrons. The summed E-state index contributed by atoms with van der Waals surface area (Å²) in [6, 6.07) is 1.60. The third kappa shape index (κ3) is 3.52. The Hall–Kier alpha value is -1.96. The minimum atomic E-state index is -3.26. The van der Waals surface area contributed by atoms with E-state index in [-0.39, 0.29) is 10.6 Å². The SMILES string of the molecule is O=C(O)Cc1cc(OC(F)F)c([N+](=O)[O-])cc1Cl. The molecule has 0 amide bonds. The number of benzene rings is 1. The van der Waals surface area contributed by atoms with E-state index in [9.17, 15) is 23.7 Å². The molecule has 6 nitrogen and oxygen atoms in total. The molecule has 0 atom stereocenters. The topological polar surface area (TPSA) is 89.7 Å². The van der Waals surface area contributed by atoms with Gasteiger partial charge in [-0.1, -0.05) is 11.6 Å². The number of rotatable bonds is 5. The Balaban J connectivity index is 3.25. The fourth-order valence-corrected chi connectivity index (χ4v) is 1.44. The predicted octanol–water partition coefficient (Wildman–Crippen LogP) is 2.48. The van der Waals surface area contributed by atoms with Crippen molar-refractivity contribution in [2.24, 2.45) is 0 Å². The van der Waals surface area contributed by atoms with E-state index in [1.54, 1.807) is 0 Å². The van der Waals surface area contributed by atoms with E-state index < -0.39 is 35.4 Å². The first kappa shape index (κ1) is 14.1. The minimum Gasteiger partial charge on any atom is -0.481 e. The first-order valence-corrected chi connectivity index (χ1v) is 4.82. The molecule has 0 aliphatic carbocycles. The summed E-state index contributed by atoms with van der Waals surface area (Å²) in [6.45, 7) is -3.26. The molecule has 0 aromatic heterocycles. The van der Waals surface area contributed by atoms with Crippen molar-refractivity contribution in [1.29, 1.82) is 0 Å². The van der Waals surface area contributed by atoms with E-state index in [1.807, 2.05) is 0 Å². The van der Waals surface area contributed by atoms with Gasteiger partial charge in [-0.05, 0) is 11.6 Å². The predicted molar refractivity (Wildman–Crippen MR) is 56.1 cm³/mol. The summed E-state index contributed by atoms with van der Waals surface area (Å²) in [5, 5.41) is 19.0. The van der Waals surface area contributed by atoms with Crippen LogP contribution in [-0.2, 0) is 11.2 Å². The third-order valence-corrected chi connectivity index (χ3v) is 2.23. The summed E-state index contributed by atoms with van der Waals surface area (Å²) in [5.74, 6) is -1.98. The van der Waals surface area contributed by atoms with E-state index in [0.717, 1.165) is 12.1 Å². The lowest BCUT2D eigenvalue weighted by atomic mass is 10.1. The van der Waals surface area contributed by atoms with Gasteiger partial charge in [0, 0.05) is 6.07 Å². The van der Waals surface area contributed by atoms with Gasteiger partial charge < -0.3 is 9.84 Å². The maximum Gasteiger partial charge on any atom is 0.387 e. The molecule has 0 saturated heterocycles. The van der Waals surface area contributed by atoms with Crippen molar-refractivity contribution in [3.8, 4) is 5.75 Å². The van der Waals surface area contributed by atoms with Gasteiger partial charge in [-0.25, -0.2) is 0 Å². The largest absolute Gasteiger partial charge is 0.481 e. The van der Waals surface area contributed by atoms with Crippen molar-refractivity contribution in [2.45, 2.75) is 13.0 Å². The van der Waals surface area contributed by atoms with Crippen molar-refractivity contribution in [3.05, 3.63) is 32.8 Å². The number of nitro groups is 1. The molecule has 0 aliphatic rings. The smallest absolute Gasteiger partial charge is 0.387 e. The molecule has 9 heteroatoms. The Morgan fingerprint density at radius 3 is 2.61 bits per heavy atom. The molecule has 1 rings (SSSR count). The number of carboxylic acids is 1. The Kier molecular flexibility index (Phi) is 4.38. The Morgan fingerprint density at radius 1 is 1.56 bits per heavy atom. The van der Waals surface area contributed by atoms with E-state index >= 15 is 0 Å². The van der Waals surface area contributed by atoms with Crippen molar-refractivity contribution >= 4 is 23.3 Å². The average Bonchev–Trinajstić information content (AvgIpc) is 2.20. The molecule has 0 fully saturated rings. The lowest BCUT2D eigenvalue weighted by Gasteiger charge is -2.08. The number of nitrogens with zero attached hydrogens (tertiary/aromatic N) is 1. The van der Waals surface area contributed by atoms with Crippen LogP contribution in [0.15, 0.2) is 12.1 Å². The number of aliphatic carboxylic acids is 1. The van der Waals surface area contributed by atoms with Crippen LogP contribution in [0.3, 0.4) is 0 Å². The van der Waals surface area contributed by atoms with E-state index in [1.165, 1.54) is 0 Å². The van der Waals surface area contributed by atoms with Crippen LogP contribution in [0.1, 0.15) is 5.56 Å². The van der Waals surface area contributed by atoms with Crippen LogP contribution in [0, 0.1) is 10.1 Å². The second kappa shape index (κ2) is 5.58. The highest BCUT2D eigenvalue weighted by molar-refractivity contribution is 6.31. The summed E-state index contributed by atoms with van der Waals surface area (Å²) < 4.78 is 28.1. The summed E-state index contributed by atoms with van der Waals surface area (Å²) >= 11 is 5.62. The molecule has 1 aromatic carbocycles. The third-order valence-electron chi connectivity index (χ3n) is 1.88. The van der Waals surface area contributed by atoms with Gasteiger partial charge in [0.05, 0.1) is 16.4 Å². The van der Waals surface area contributed by atoms with Crippen LogP contribution >= 0.6 is 11.6 Å². The monoisotopic (exact) mass is 281 g/mol. The number of hydrogen-bond acceptors (Lipinski definition) is 4. The van der Waals surface area contributed by atoms with Crippen LogP contribution in [0.25, 0.3) is 0 Å². The molecule has 0 aliphatic heterocycles. The summed E-state index contributed by atoms with van der Waals surface area (Å²) in [6.07, 6.45) is -0.559. The second-order valence-corrected chi connectivity index (χ2v) is 3.52. The standard InChI is InChI=1S/C9H6ClF2NO5/c10-5-3-6(13(16)17)7(18-9(11)12)1-4(5)2-8(14)15/h1,3,9H,2H2,(H,14,15). The quantitative estimate of drug-likeness (QED) is 0.661.